The summed E-state index contributed by atoms with van der Waals surface area (Å²) in [5.41, 5.74) is 0. The molecule has 15 heavy (non-hydrogen) atoms. The predicted molar refractivity (Wildman–Crippen MR) is 34.0 cm³/mol. The van der Waals surface area contributed by atoms with E-state index in [-0.39, 0.29) is 29.6 Å². The third-order valence-corrected chi connectivity index (χ3v) is 1.48. The van der Waals surface area contributed by atoms with Crippen molar-refractivity contribution in [2.24, 2.45) is 0 Å². The van der Waals surface area contributed by atoms with E-state index in [0.717, 1.165) is 0 Å². The number of aliphatic hydroxyl groups is 4. The van der Waals surface area contributed by atoms with Crippen molar-refractivity contribution in [1.29, 1.82) is 0 Å². The van der Waals surface area contributed by atoms with Gasteiger partial charge in [0.1, 0.15) is 24.4 Å². The molecule has 0 aliphatic carbocycles. The number of aliphatic hydroxyl groups excluding tert-OH is 4. The molecular formula is C6H8NaO8-. The summed E-state index contributed by atoms with van der Waals surface area (Å²) >= 11 is 0. The Hall–Kier alpha value is -0.220. The van der Waals surface area contributed by atoms with Crippen LogP contribution in [0.3, 0.4) is 0 Å². The Morgan fingerprint density at radius 1 is 0.800 bits per heavy atom. The molecule has 4 N–H and O–H groups in total. The second-order valence-electron chi connectivity index (χ2n) is 2.51. The smallest absolute Gasteiger partial charge is 0.547 e. The topological polar surface area (TPSA) is 161 Å². The van der Waals surface area contributed by atoms with Gasteiger partial charge in [0, 0.05) is 0 Å². The van der Waals surface area contributed by atoms with Gasteiger partial charge >= 0.3 is 29.6 Å². The van der Waals surface area contributed by atoms with Crippen LogP contribution in [0.4, 0.5) is 0 Å². The average molecular weight is 231 g/mol. The number of carbonyl (C=O) groups is 2. The minimum absolute atomic E-state index is 0. The maximum absolute atomic E-state index is 9.96. The molecule has 0 bridgehead atoms. The SMILES string of the molecule is O=C([O-])[C@@H](O)[C@@H](O)[C@H](O)[C@@H](O)C(=O)[O-].[Na+]. The van der Waals surface area contributed by atoms with Crippen LogP contribution in [0, 0.1) is 0 Å². The quantitative estimate of drug-likeness (QED) is 0.339. The fourth-order valence-electron chi connectivity index (χ4n) is 0.652. The minimum Gasteiger partial charge on any atom is -0.547 e. The molecule has 0 aromatic heterocycles. The Morgan fingerprint density at radius 2 is 1.00 bits per heavy atom. The van der Waals surface area contributed by atoms with E-state index in [2.05, 4.69) is 0 Å². The first-order chi connectivity index (χ1) is 6.29. The van der Waals surface area contributed by atoms with Gasteiger partial charge in [0.25, 0.3) is 0 Å². The molecule has 0 fully saturated rings. The fourth-order valence-corrected chi connectivity index (χ4v) is 0.652. The van der Waals surface area contributed by atoms with E-state index < -0.39 is 36.4 Å². The van der Waals surface area contributed by atoms with Crippen molar-refractivity contribution in [1.82, 2.24) is 0 Å². The number of carbonyl (C=O) groups excluding carboxylic acids is 2. The van der Waals surface area contributed by atoms with Gasteiger partial charge in [0.05, 0.1) is 11.9 Å². The first-order valence-electron chi connectivity index (χ1n) is 3.43. The molecule has 4 atom stereocenters. The van der Waals surface area contributed by atoms with Crippen LogP contribution in [0.1, 0.15) is 0 Å². The number of carboxylic acids is 2. The zero-order valence-electron chi connectivity index (χ0n) is 7.73. The Kier molecular flexibility index (Phi) is 8.16. The van der Waals surface area contributed by atoms with Gasteiger partial charge in [-0.15, -0.1) is 0 Å². The second-order valence-corrected chi connectivity index (χ2v) is 2.51. The van der Waals surface area contributed by atoms with E-state index in [1.165, 1.54) is 0 Å². The van der Waals surface area contributed by atoms with Crippen molar-refractivity contribution in [3.05, 3.63) is 0 Å². The Bertz CT molecular complexity index is 207. The van der Waals surface area contributed by atoms with Gasteiger partial charge < -0.3 is 40.2 Å². The summed E-state index contributed by atoms with van der Waals surface area (Å²) in [6, 6.07) is 0. The average Bonchev–Trinajstić information content (AvgIpc) is 2.12. The van der Waals surface area contributed by atoms with Crippen molar-refractivity contribution in [3.63, 3.8) is 0 Å². The number of hydrogen-bond acceptors (Lipinski definition) is 8. The van der Waals surface area contributed by atoms with Crippen LogP contribution in [0.5, 0.6) is 0 Å². The molecule has 0 aromatic carbocycles. The van der Waals surface area contributed by atoms with Crippen LogP contribution in [-0.4, -0.2) is 56.8 Å². The standard InChI is InChI=1S/C6H10O8.Na/c7-1(3(9)5(11)12)2(8)4(10)6(13)14;/h1-4,7-10H,(H,11,12)(H,13,14);/q;+1/p-2/t1-,2-,3-,4+;/m0./s1. The summed E-state index contributed by atoms with van der Waals surface area (Å²) in [6.45, 7) is 0. The van der Waals surface area contributed by atoms with Crippen LogP contribution in [0.2, 0.25) is 0 Å². The summed E-state index contributed by atoms with van der Waals surface area (Å²) in [6.07, 6.45) is -9.76. The van der Waals surface area contributed by atoms with Crippen molar-refractivity contribution in [3.8, 4) is 0 Å². The summed E-state index contributed by atoms with van der Waals surface area (Å²) in [7, 11) is 0. The van der Waals surface area contributed by atoms with Crippen LogP contribution >= 0.6 is 0 Å². The van der Waals surface area contributed by atoms with Gasteiger partial charge in [0.2, 0.25) is 0 Å². The third kappa shape index (κ3) is 4.89. The van der Waals surface area contributed by atoms with Gasteiger partial charge in [-0.05, 0) is 0 Å². The minimum atomic E-state index is -2.50. The van der Waals surface area contributed by atoms with Gasteiger partial charge in [-0.2, -0.15) is 0 Å². The Labute approximate surface area is 106 Å². The van der Waals surface area contributed by atoms with E-state index >= 15 is 0 Å². The van der Waals surface area contributed by atoms with Crippen molar-refractivity contribution in [2.45, 2.75) is 24.4 Å². The van der Waals surface area contributed by atoms with E-state index in [1.54, 1.807) is 0 Å². The van der Waals surface area contributed by atoms with Crippen LogP contribution in [0.25, 0.3) is 0 Å². The maximum atomic E-state index is 9.96. The zero-order valence-corrected chi connectivity index (χ0v) is 9.73. The molecule has 0 aliphatic rings. The molecule has 0 aromatic rings. The Morgan fingerprint density at radius 3 is 1.13 bits per heavy atom. The van der Waals surface area contributed by atoms with Crippen molar-refractivity contribution in [2.75, 3.05) is 0 Å². The van der Waals surface area contributed by atoms with Gasteiger partial charge in [-0.3, -0.25) is 0 Å². The number of rotatable bonds is 5. The molecule has 0 saturated carbocycles. The number of aliphatic carboxylic acids is 2. The van der Waals surface area contributed by atoms with E-state index in [0.29, 0.717) is 0 Å². The van der Waals surface area contributed by atoms with E-state index in [4.69, 9.17) is 20.4 Å². The molecule has 82 valence electrons. The molecule has 0 amide bonds. The molecule has 0 heterocycles. The summed E-state index contributed by atoms with van der Waals surface area (Å²) in [5, 5.41) is 54.7. The fraction of sp³-hybridized carbons (Fsp3) is 0.667. The molecule has 0 saturated heterocycles. The largest absolute Gasteiger partial charge is 1.00 e. The van der Waals surface area contributed by atoms with Crippen LogP contribution < -0.4 is 39.8 Å². The van der Waals surface area contributed by atoms with E-state index in [9.17, 15) is 19.8 Å². The predicted octanol–water partition coefficient (Wildman–Crippen LogP) is -9.07. The number of carboxylic acid groups (broad SMARTS) is 2. The molecule has 0 aliphatic heterocycles. The van der Waals surface area contributed by atoms with Crippen molar-refractivity contribution >= 4 is 11.9 Å². The normalized spacial score (nSPS) is 18.1. The summed E-state index contributed by atoms with van der Waals surface area (Å²) in [4.78, 5) is 19.9. The molecule has 0 unspecified atom stereocenters. The third-order valence-electron chi connectivity index (χ3n) is 1.48. The van der Waals surface area contributed by atoms with Gasteiger partial charge in [0.15, 0.2) is 0 Å². The van der Waals surface area contributed by atoms with Gasteiger partial charge in [-0.25, -0.2) is 0 Å². The molecule has 0 rings (SSSR count). The van der Waals surface area contributed by atoms with Gasteiger partial charge in [-0.1, -0.05) is 0 Å². The zero-order chi connectivity index (χ0) is 11.5. The monoisotopic (exact) mass is 231 g/mol. The van der Waals surface area contributed by atoms with E-state index in [1.807, 2.05) is 0 Å². The molecule has 0 spiro atoms. The van der Waals surface area contributed by atoms with Crippen molar-refractivity contribution < 1.29 is 69.8 Å². The summed E-state index contributed by atoms with van der Waals surface area (Å²) in [5.74, 6) is -4.22. The summed E-state index contributed by atoms with van der Waals surface area (Å²) < 4.78 is 0. The molecule has 8 nitrogen and oxygen atoms in total. The molecule has 0 radical (unpaired) electrons. The Balaban J connectivity index is 0. The first-order valence-corrected chi connectivity index (χ1v) is 3.43. The second kappa shape index (κ2) is 7.12. The van der Waals surface area contributed by atoms with Crippen LogP contribution in [-0.2, 0) is 9.59 Å². The van der Waals surface area contributed by atoms with Crippen LogP contribution in [0.15, 0.2) is 0 Å². The first kappa shape index (κ1) is 17.2. The molecular weight excluding hydrogens is 223 g/mol. The maximum Gasteiger partial charge on any atom is 1.00 e. The molecule has 9 heteroatoms. The number of hydrogen-bond donors (Lipinski definition) is 4.